The predicted octanol–water partition coefficient (Wildman–Crippen LogP) is 3.92. The van der Waals surface area contributed by atoms with Gasteiger partial charge >= 0.3 is 5.97 Å². The SMILES string of the molecule is CCC(CC)OC(=O)c1cc(N)c(Cl)c(Cl)c1. The molecule has 0 saturated carbocycles. The second-order valence-electron chi connectivity index (χ2n) is 3.71. The van der Waals surface area contributed by atoms with E-state index in [2.05, 4.69) is 0 Å². The summed E-state index contributed by atoms with van der Waals surface area (Å²) in [6.45, 7) is 3.93. The van der Waals surface area contributed by atoms with Gasteiger partial charge in [-0.2, -0.15) is 0 Å². The zero-order valence-electron chi connectivity index (χ0n) is 9.80. The number of carbonyl (C=O) groups is 1. The van der Waals surface area contributed by atoms with Crippen LogP contribution in [0.5, 0.6) is 0 Å². The first kappa shape index (κ1) is 14.1. The molecule has 0 unspecified atom stereocenters. The van der Waals surface area contributed by atoms with Gasteiger partial charge in [-0.3, -0.25) is 0 Å². The van der Waals surface area contributed by atoms with Crippen molar-refractivity contribution in [1.82, 2.24) is 0 Å². The quantitative estimate of drug-likeness (QED) is 0.669. The topological polar surface area (TPSA) is 52.3 Å². The molecule has 0 aliphatic rings. The van der Waals surface area contributed by atoms with Crippen LogP contribution in [0.25, 0.3) is 0 Å². The summed E-state index contributed by atoms with van der Waals surface area (Å²) in [5, 5.41) is 0.508. The minimum absolute atomic E-state index is 0.0850. The molecule has 0 amide bonds. The molecule has 0 atom stereocenters. The first-order valence-corrected chi connectivity index (χ1v) is 6.20. The van der Waals surface area contributed by atoms with Crippen molar-refractivity contribution in [3.63, 3.8) is 0 Å². The molecule has 0 radical (unpaired) electrons. The van der Waals surface area contributed by atoms with Crippen LogP contribution in [0.1, 0.15) is 37.0 Å². The molecule has 0 aromatic heterocycles. The summed E-state index contributed by atoms with van der Waals surface area (Å²) in [6, 6.07) is 2.93. The summed E-state index contributed by atoms with van der Waals surface area (Å²) in [5.41, 5.74) is 6.23. The summed E-state index contributed by atoms with van der Waals surface area (Å²) < 4.78 is 5.29. The summed E-state index contributed by atoms with van der Waals surface area (Å²) in [5.74, 6) is -0.427. The van der Waals surface area contributed by atoms with Crippen LogP contribution < -0.4 is 5.73 Å². The number of rotatable bonds is 4. The van der Waals surface area contributed by atoms with E-state index < -0.39 is 5.97 Å². The maximum Gasteiger partial charge on any atom is 0.338 e. The maximum absolute atomic E-state index is 11.8. The summed E-state index contributed by atoms with van der Waals surface area (Å²) in [7, 11) is 0. The highest BCUT2D eigenvalue weighted by Gasteiger charge is 2.15. The molecule has 94 valence electrons. The third-order valence-electron chi connectivity index (χ3n) is 2.48. The van der Waals surface area contributed by atoms with Crippen LogP contribution in [0, 0.1) is 0 Å². The van der Waals surface area contributed by atoms with Crippen molar-refractivity contribution >= 4 is 34.9 Å². The largest absolute Gasteiger partial charge is 0.459 e. The third kappa shape index (κ3) is 3.51. The molecule has 0 spiro atoms. The zero-order valence-corrected chi connectivity index (χ0v) is 11.3. The average molecular weight is 276 g/mol. The molecule has 1 aromatic rings. The van der Waals surface area contributed by atoms with Crippen LogP contribution in [0.2, 0.25) is 10.0 Å². The van der Waals surface area contributed by atoms with Gasteiger partial charge in [-0.05, 0) is 25.0 Å². The molecule has 0 saturated heterocycles. The van der Waals surface area contributed by atoms with E-state index in [-0.39, 0.29) is 21.8 Å². The molecule has 2 N–H and O–H groups in total. The number of ether oxygens (including phenoxy) is 1. The number of carbonyl (C=O) groups excluding carboxylic acids is 1. The molecule has 0 aliphatic carbocycles. The van der Waals surface area contributed by atoms with Gasteiger partial charge in [0.15, 0.2) is 0 Å². The predicted molar refractivity (Wildman–Crippen MR) is 70.7 cm³/mol. The summed E-state index contributed by atoms with van der Waals surface area (Å²) in [6.07, 6.45) is 1.47. The van der Waals surface area contributed by atoms with E-state index in [4.69, 9.17) is 33.7 Å². The van der Waals surface area contributed by atoms with E-state index in [0.717, 1.165) is 12.8 Å². The van der Waals surface area contributed by atoms with Crippen molar-refractivity contribution < 1.29 is 9.53 Å². The molecule has 5 heteroatoms. The van der Waals surface area contributed by atoms with Crippen molar-refractivity contribution in [2.24, 2.45) is 0 Å². The molecule has 0 heterocycles. The van der Waals surface area contributed by atoms with E-state index >= 15 is 0 Å². The van der Waals surface area contributed by atoms with E-state index in [1.54, 1.807) is 0 Å². The first-order valence-electron chi connectivity index (χ1n) is 5.45. The molecule has 3 nitrogen and oxygen atoms in total. The van der Waals surface area contributed by atoms with Crippen molar-refractivity contribution in [3.05, 3.63) is 27.7 Å². The lowest BCUT2D eigenvalue weighted by Gasteiger charge is -2.14. The van der Waals surface area contributed by atoms with Gasteiger partial charge in [-0.1, -0.05) is 37.0 Å². The highest BCUT2D eigenvalue weighted by atomic mass is 35.5. The lowest BCUT2D eigenvalue weighted by Crippen LogP contribution is -2.16. The lowest BCUT2D eigenvalue weighted by molar-refractivity contribution is 0.0284. The fourth-order valence-electron chi connectivity index (χ4n) is 1.40. The Kier molecular flexibility index (Phi) is 5.09. The van der Waals surface area contributed by atoms with E-state index in [1.165, 1.54) is 12.1 Å². The standard InChI is InChI=1S/C12H15Cl2NO2/c1-3-8(4-2)17-12(16)7-5-9(13)11(14)10(15)6-7/h5-6,8H,3-4,15H2,1-2H3. The summed E-state index contributed by atoms with van der Waals surface area (Å²) in [4.78, 5) is 11.8. The second-order valence-corrected chi connectivity index (χ2v) is 4.49. The van der Waals surface area contributed by atoms with E-state index in [9.17, 15) is 4.79 Å². The van der Waals surface area contributed by atoms with Gasteiger partial charge in [0.25, 0.3) is 0 Å². The van der Waals surface area contributed by atoms with E-state index in [0.29, 0.717) is 5.56 Å². The van der Waals surface area contributed by atoms with Crippen LogP contribution in [0.4, 0.5) is 5.69 Å². The second kappa shape index (κ2) is 6.12. The highest BCUT2D eigenvalue weighted by molar-refractivity contribution is 6.43. The van der Waals surface area contributed by atoms with Gasteiger partial charge in [-0.15, -0.1) is 0 Å². The number of benzene rings is 1. The molecule has 1 aromatic carbocycles. The molecule has 0 fully saturated rings. The Morgan fingerprint density at radius 3 is 2.41 bits per heavy atom. The van der Waals surface area contributed by atoms with Crippen molar-refractivity contribution in [3.8, 4) is 0 Å². The molecular weight excluding hydrogens is 261 g/mol. The zero-order chi connectivity index (χ0) is 13.0. The van der Waals surface area contributed by atoms with Crippen molar-refractivity contribution in [1.29, 1.82) is 0 Å². The third-order valence-corrected chi connectivity index (χ3v) is 3.29. The van der Waals surface area contributed by atoms with Gasteiger partial charge < -0.3 is 10.5 Å². The number of esters is 1. The number of nitrogens with two attached hydrogens (primary N) is 1. The van der Waals surface area contributed by atoms with Gasteiger partial charge in [0.2, 0.25) is 0 Å². The van der Waals surface area contributed by atoms with Gasteiger partial charge in [0.1, 0.15) is 6.10 Å². The van der Waals surface area contributed by atoms with Gasteiger partial charge in [0, 0.05) is 0 Å². The number of halogens is 2. The molecular formula is C12H15Cl2NO2. The summed E-state index contributed by atoms with van der Waals surface area (Å²) >= 11 is 11.7. The fraction of sp³-hybridized carbons (Fsp3) is 0.417. The Balaban J connectivity index is 2.90. The Morgan fingerprint density at radius 2 is 1.94 bits per heavy atom. The van der Waals surface area contributed by atoms with Crippen LogP contribution in [-0.2, 0) is 4.74 Å². The number of nitrogen functional groups attached to an aromatic ring is 1. The Morgan fingerprint density at radius 1 is 1.35 bits per heavy atom. The van der Waals surface area contributed by atoms with Crippen LogP contribution in [0.3, 0.4) is 0 Å². The van der Waals surface area contributed by atoms with E-state index in [1.807, 2.05) is 13.8 Å². The van der Waals surface area contributed by atoms with Crippen molar-refractivity contribution in [2.75, 3.05) is 5.73 Å². The molecule has 17 heavy (non-hydrogen) atoms. The lowest BCUT2D eigenvalue weighted by atomic mass is 10.2. The fourth-order valence-corrected chi connectivity index (χ4v) is 1.74. The normalized spacial score (nSPS) is 10.6. The minimum Gasteiger partial charge on any atom is -0.459 e. The van der Waals surface area contributed by atoms with Crippen LogP contribution >= 0.6 is 23.2 Å². The van der Waals surface area contributed by atoms with Crippen LogP contribution in [-0.4, -0.2) is 12.1 Å². The minimum atomic E-state index is -0.427. The van der Waals surface area contributed by atoms with Crippen LogP contribution in [0.15, 0.2) is 12.1 Å². The number of anilines is 1. The molecule has 1 rings (SSSR count). The van der Waals surface area contributed by atoms with Gasteiger partial charge in [-0.25, -0.2) is 4.79 Å². The van der Waals surface area contributed by atoms with Crippen molar-refractivity contribution in [2.45, 2.75) is 32.8 Å². The molecule has 0 aliphatic heterocycles. The monoisotopic (exact) mass is 275 g/mol. The van der Waals surface area contributed by atoms with Gasteiger partial charge in [0.05, 0.1) is 21.3 Å². The maximum atomic E-state index is 11.8. The number of hydrogen-bond acceptors (Lipinski definition) is 3. The number of hydrogen-bond donors (Lipinski definition) is 1. The smallest absolute Gasteiger partial charge is 0.338 e. The Hall–Kier alpha value is -0.930. The molecule has 0 bridgehead atoms. The highest BCUT2D eigenvalue weighted by Crippen LogP contribution is 2.29. The average Bonchev–Trinajstić information content (AvgIpc) is 2.31. The Labute approximate surface area is 111 Å². The Bertz CT molecular complexity index is 394. The first-order chi connectivity index (χ1) is 7.99.